The summed E-state index contributed by atoms with van der Waals surface area (Å²) >= 11 is 0. The lowest BCUT2D eigenvalue weighted by Crippen LogP contribution is -2.76. The minimum Gasteiger partial charge on any atom is -0.248 e. The smallest absolute Gasteiger partial charge is 0.182 e. The van der Waals surface area contributed by atoms with Crippen molar-refractivity contribution in [3.8, 4) is 134 Å². The Bertz CT molecular complexity index is 6480. The Morgan fingerprint density at radius 3 is 0.562 bits per heavy atom. The van der Waals surface area contributed by atoms with Crippen LogP contribution in [0.1, 0.15) is 45.0 Å². The molecule has 0 spiro atoms. The summed E-state index contributed by atoms with van der Waals surface area (Å²) in [5.74, 6) is 0. The van der Waals surface area contributed by atoms with Crippen molar-refractivity contribution in [2.24, 2.45) is 0 Å². The standard InChI is InChI=1S/C100H56N4Si/c1-5-21-61-57(17-1)49-81-65(61)33-37-69-73-41-45-89(101-93(73)53-85(69)81)77-25-9-13-29-97(77)105(98-30-14-10-26-78(98)90-46-42-74-70-38-34-66-62-22-6-2-18-58(62)50-82(66)86(70)54-94(74)102-90,99-31-15-11-27-79(99)91-47-43-75-71-39-35-67-63-23-7-3-19-59(63)51-83(67)87(71)55-95(75)103-91)100-32-16-12-28-80(100)92-48-44-76-72-40-36-68-64-24-8-4-20-60(64)52-84(68)88(72)56-96(76)104-92/h1-56H. The van der Waals surface area contributed by atoms with Gasteiger partial charge in [-0.3, -0.25) is 0 Å². The molecule has 0 saturated heterocycles. The number of rotatable bonds is 8. The van der Waals surface area contributed by atoms with E-state index in [4.69, 9.17) is 19.9 Å². The van der Waals surface area contributed by atoms with E-state index >= 15 is 0 Å². The number of hydrogen-bond acceptors (Lipinski definition) is 4. The molecule has 105 heavy (non-hydrogen) atoms. The molecule has 8 aliphatic carbocycles. The maximum Gasteiger partial charge on any atom is 0.182 e. The molecule has 0 aliphatic heterocycles. The van der Waals surface area contributed by atoms with E-state index in [-0.39, 0.29) is 0 Å². The van der Waals surface area contributed by atoms with Crippen molar-refractivity contribution >= 4 is 77.4 Å². The van der Waals surface area contributed by atoms with Gasteiger partial charge in [-0.05, 0) is 224 Å². The zero-order valence-corrected chi connectivity index (χ0v) is 57.6. The summed E-state index contributed by atoms with van der Waals surface area (Å²) in [6, 6.07) is 109. The number of fused-ring (bicyclic) bond motifs is 28. The Balaban J connectivity index is 0.775. The monoisotopic (exact) mass is 1340 g/mol. The molecule has 0 saturated carbocycles. The van der Waals surface area contributed by atoms with E-state index in [0.717, 1.165) is 90.1 Å². The van der Waals surface area contributed by atoms with E-state index in [1.807, 2.05) is 0 Å². The fourth-order valence-electron chi connectivity index (χ4n) is 19.2. The van der Waals surface area contributed by atoms with Crippen molar-refractivity contribution in [2.75, 3.05) is 0 Å². The van der Waals surface area contributed by atoms with E-state index < -0.39 is 8.07 Å². The molecule has 0 radical (unpaired) electrons. The Morgan fingerprint density at radius 1 is 0.143 bits per heavy atom. The highest BCUT2D eigenvalue weighted by molar-refractivity contribution is 7.22. The molecule has 5 heteroatoms. The Kier molecular flexibility index (Phi) is 11.6. The Morgan fingerprint density at radius 2 is 0.324 bits per heavy atom. The van der Waals surface area contributed by atoms with Crippen LogP contribution in [-0.4, -0.2) is 28.0 Å². The summed E-state index contributed by atoms with van der Waals surface area (Å²) < 4.78 is 0. The molecule has 16 aromatic rings. The van der Waals surface area contributed by atoms with Gasteiger partial charge in [-0.25, -0.2) is 19.9 Å². The van der Waals surface area contributed by atoms with Crippen LogP contribution in [0.4, 0.5) is 0 Å². The van der Waals surface area contributed by atoms with Gasteiger partial charge in [-0.2, -0.15) is 0 Å². The van der Waals surface area contributed by atoms with E-state index in [1.54, 1.807) is 0 Å². The molecule has 0 amide bonds. The van der Waals surface area contributed by atoms with Gasteiger partial charge in [-0.1, -0.05) is 267 Å². The summed E-state index contributed by atoms with van der Waals surface area (Å²) in [7, 11) is -3.99. The fraction of sp³-hybridized carbons (Fsp3) is 0. The average Bonchev–Trinajstić information content (AvgIpc) is 1.69. The lowest BCUT2D eigenvalue weighted by molar-refractivity contribution is 1.30. The number of aromatic nitrogens is 4. The van der Waals surface area contributed by atoms with Crippen molar-refractivity contribution in [1.29, 1.82) is 0 Å². The number of benzene rings is 12. The Labute approximate surface area is 605 Å². The molecule has 0 N–H and O–H groups in total. The van der Waals surface area contributed by atoms with E-state index in [0.29, 0.717) is 0 Å². The minimum absolute atomic E-state index is 0.903. The molecule has 24 rings (SSSR count). The molecule has 4 nitrogen and oxygen atoms in total. The Hall–Kier alpha value is -13.6. The lowest BCUT2D eigenvalue weighted by atomic mass is 10.0. The number of nitrogens with zero attached hydrogens (tertiary/aromatic N) is 4. The third-order valence-electron chi connectivity index (χ3n) is 23.8. The van der Waals surface area contributed by atoms with Crippen molar-refractivity contribution in [2.45, 2.75) is 0 Å². The second kappa shape index (κ2) is 21.3. The van der Waals surface area contributed by atoms with Crippen LogP contribution in [0.3, 0.4) is 0 Å². The summed E-state index contributed by atoms with van der Waals surface area (Å²) in [5.41, 5.74) is 36.3. The predicted molar refractivity (Wildman–Crippen MR) is 432 cm³/mol. The van der Waals surface area contributed by atoms with Crippen LogP contribution in [0, 0.1) is 0 Å². The minimum atomic E-state index is -3.99. The third-order valence-corrected chi connectivity index (χ3v) is 28.7. The van der Waals surface area contributed by atoms with Gasteiger partial charge in [0.25, 0.3) is 0 Å². The molecule has 8 aliphatic rings. The molecule has 0 unspecified atom stereocenters. The summed E-state index contributed by atoms with van der Waals surface area (Å²) in [6.07, 6.45) is 18.8. The molecule has 480 valence electrons. The number of hydrogen-bond donors (Lipinski definition) is 0. The average molecular weight is 1340 g/mol. The highest BCUT2D eigenvalue weighted by Gasteiger charge is 2.48. The summed E-state index contributed by atoms with van der Waals surface area (Å²) in [4.78, 5) is 23.6. The molecule has 0 fully saturated rings. The van der Waals surface area contributed by atoms with Gasteiger partial charge in [0, 0.05) is 44.5 Å². The van der Waals surface area contributed by atoms with Crippen molar-refractivity contribution in [3.05, 3.63) is 378 Å². The van der Waals surface area contributed by atoms with Gasteiger partial charge < -0.3 is 0 Å². The van der Waals surface area contributed by atoms with Crippen LogP contribution in [0.15, 0.2) is 291 Å². The van der Waals surface area contributed by atoms with E-state index in [2.05, 4.69) is 340 Å². The molecule has 4 aromatic heterocycles. The largest absolute Gasteiger partial charge is 0.248 e. The van der Waals surface area contributed by atoms with Gasteiger partial charge in [-0.15, -0.1) is 0 Å². The molecular formula is C100H56N4Si. The second-order valence-corrected chi connectivity index (χ2v) is 32.6. The van der Waals surface area contributed by atoms with Crippen molar-refractivity contribution in [3.63, 3.8) is 0 Å². The van der Waals surface area contributed by atoms with Crippen LogP contribution in [0.2, 0.25) is 0 Å². The normalized spacial score (nSPS) is 13.2. The topological polar surface area (TPSA) is 51.6 Å². The number of pyridine rings is 4. The zero-order valence-electron chi connectivity index (χ0n) is 56.6. The van der Waals surface area contributed by atoms with Crippen LogP contribution in [0.25, 0.3) is 183 Å². The summed E-state index contributed by atoms with van der Waals surface area (Å²) in [6.45, 7) is 0. The zero-order chi connectivity index (χ0) is 68.3. The van der Waals surface area contributed by atoms with Gasteiger partial charge in [0.2, 0.25) is 0 Å². The first-order valence-corrected chi connectivity index (χ1v) is 38.3. The first-order valence-electron chi connectivity index (χ1n) is 36.3. The first kappa shape index (κ1) is 57.1. The predicted octanol–water partition coefficient (Wildman–Crippen LogP) is 13.8. The lowest BCUT2D eigenvalue weighted by Gasteiger charge is -2.39. The van der Waals surface area contributed by atoms with Gasteiger partial charge in [0.1, 0.15) is 0 Å². The molecule has 12 aromatic carbocycles. The fourth-order valence-corrected chi connectivity index (χ4v) is 24.8. The third kappa shape index (κ3) is 7.94. The van der Waals surface area contributed by atoms with Crippen LogP contribution in [-0.2, 0) is 0 Å². The summed E-state index contributed by atoms with van der Waals surface area (Å²) in [5, 5.41) is 14.6. The van der Waals surface area contributed by atoms with Gasteiger partial charge in [0.05, 0.1) is 45.6 Å². The van der Waals surface area contributed by atoms with Crippen LogP contribution >= 0.6 is 0 Å². The van der Waals surface area contributed by atoms with Gasteiger partial charge >= 0.3 is 0 Å². The van der Waals surface area contributed by atoms with Crippen molar-refractivity contribution in [1.82, 2.24) is 19.9 Å². The maximum absolute atomic E-state index is 5.90. The molecular weight excluding hydrogens is 1290 g/mol. The second-order valence-electron chi connectivity index (χ2n) is 28.9. The molecule has 0 atom stereocenters. The van der Waals surface area contributed by atoms with Crippen LogP contribution < -0.4 is 62.5 Å². The van der Waals surface area contributed by atoms with Crippen LogP contribution in [0.5, 0.6) is 0 Å². The highest BCUT2D eigenvalue weighted by Crippen LogP contribution is 2.40. The molecule has 4 heterocycles. The van der Waals surface area contributed by atoms with E-state index in [1.165, 1.54) is 152 Å². The SMILES string of the molecule is C1=c2c(ccc3c2=Cc2nc(-c4ccccc4[Si](c4ccccc4-c4ccc5c(n4)C=c4c-5ccc5c4=Cc4ccccc4-5)(c4ccccc4-c4ccc5c(n4)C=c4c-5ccc5c4=Cc4ccccc4-5)c4ccccc4-c4ccc5c(n4)C=c4c-5ccc5c4=Cc4ccccc4-5)ccc2-3)-c2ccccc21. The van der Waals surface area contributed by atoms with E-state index in [9.17, 15) is 0 Å². The quantitative estimate of drug-likeness (QED) is 0.112. The first-order chi connectivity index (χ1) is 52.0. The highest BCUT2D eigenvalue weighted by atomic mass is 28.3. The molecule has 0 bridgehead atoms. The van der Waals surface area contributed by atoms with Crippen molar-refractivity contribution < 1.29 is 0 Å². The maximum atomic E-state index is 5.90. The van der Waals surface area contributed by atoms with Gasteiger partial charge in [0.15, 0.2) is 8.07 Å².